The molecule has 7 heteroatoms. The van der Waals surface area contributed by atoms with E-state index in [0.717, 1.165) is 32.9 Å². The van der Waals surface area contributed by atoms with Gasteiger partial charge < -0.3 is 4.74 Å². The topological polar surface area (TPSA) is 57.0 Å². The molecule has 162 valence electrons. The molecule has 1 heterocycles. The zero-order valence-electron chi connectivity index (χ0n) is 17.9. The van der Waals surface area contributed by atoms with Gasteiger partial charge in [0.15, 0.2) is 16.8 Å². The van der Waals surface area contributed by atoms with Crippen molar-refractivity contribution >= 4 is 33.5 Å². The lowest BCUT2D eigenvalue weighted by molar-refractivity contribution is 0.0994. The number of aryl methyl sites for hydroxylation is 1. The van der Waals surface area contributed by atoms with Gasteiger partial charge in [0, 0.05) is 21.3 Å². The minimum atomic E-state index is -0.339. The van der Waals surface area contributed by atoms with E-state index in [1.807, 2.05) is 47.9 Å². The Morgan fingerprint density at radius 3 is 2.41 bits per heavy atom. The highest BCUT2D eigenvalue weighted by Crippen LogP contribution is 2.32. The molecule has 32 heavy (non-hydrogen) atoms. The lowest BCUT2D eigenvalue weighted by atomic mass is 10.1. The van der Waals surface area contributed by atoms with Crippen LogP contribution < -0.4 is 4.74 Å². The van der Waals surface area contributed by atoms with Crippen LogP contribution in [0.2, 0.25) is 0 Å². The number of rotatable bonds is 7. The molecule has 0 spiro atoms. The van der Waals surface area contributed by atoms with Crippen molar-refractivity contribution in [1.82, 2.24) is 14.8 Å². The maximum atomic E-state index is 13.0. The van der Waals surface area contributed by atoms with E-state index in [0.29, 0.717) is 10.7 Å². The van der Waals surface area contributed by atoms with Crippen LogP contribution in [-0.4, -0.2) is 32.9 Å². The standard InChI is InChI=1S/C25H22BrN3O2S/c1-16-5-4-6-21(15-16)29-24(19-7-11-20(26)12-8-19)27-28-25(29)32-17(2)23(30)18-9-13-22(31-3)14-10-18/h4-15,17H,1-3H3/t17-/m1/s1. The summed E-state index contributed by atoms with van der Waals surface area (Å²) in [6.07, 6.45) is 0. The van der Waals surface area contributed by atoms with Gasteiger partial charge in [0.2, 0.25) is 0 Å². The van der Waals surface area contributed by atoms with Crippen molar-refractivity contribution in [2.24, 2.45) is 0 Å². The van der Waals surface area contributed by atoms with Crippen molar-refractivity contribution in [2.45, 2.75) is 24.3 Å². The van der Waals surface area contributed by atoms with Gasteiger partial charge in [0.25, 0.3) is 0 Å². The third kappa shape index (κ3) is 4.79. The quantitative estimate of drug-likeness (QED) is 0.214. The van der Waals surface area contributed by atoms with Crippen molar-refractivity contribution in [3.63, 3.8) is 0 Å². The number of methoxy groups -OCH3 is 1. The number of hydrogen-bond donors (Lipinski definition) is 0. The molecule has 4 aromatic rings. The van der Waals surface area contributed by atoms with E-state index in [1.54, 1.807) is 31.4 Å². The highest BCUT2D eigenvalue weighted by atomic mass is 79.9. The first-order valence-corrected chi connectivity index (χ1v) is 11.8. The van der Waals surface area contributed by atoms with Crippen molar-refractivity contribution in [3.8, 4) is 22.8 Å². The fraction of sp³-hybridized carbons (Fsp3) is 0.160. The average Bonchev–Trinajstić information content (AvgIpc) is 3.22. The van der Waals surface area contributed by atoms with Crippen LogP contribution in [0.1, 0.15) is 22.8 Å². The molecule has 0 saturated heterocycles. The van der Waals surface area contributed by atoms with Gasteiger partial charge in [-0.05, 0) is 67.9 Å². The number of halogens is 1. The molecule has 0 fully saturated rings. The molecule has 1 atom stereocenters. The maximum absolute atomic E-state index is 13.0. The molecule has 0 saturated carbocycles. The third-order valence-electron chi connectivity index (χ3n) is 5.02. The van der Waals surface area contributed by atoms with E-state index in [4.69, 9.17) is 4.74 Å². The number of thioether (sulfide) groups is 1. The van der Waals surface area contributed by atoms with Gasteiger partial charge in [-0.25, -0.2) is 0 Å². The summed E-state index contributed by atoms with van der Waals surface area (Å²) in [5, 5.41) is 9.27. The Labute approximate surface area is 200 Å². The predicted octanol–water partition coefficient (Wildman–Crippen LogP) is 6.38. The Hall–Kier alpha value is -2.90. The van der Waals surface area contributed by atoms with Crippen LogP contribution in [-0.2, 0) is 0 Å². The first-order valence-electron chi connectivity index (χ1n) is 10.1. The van der Waals surface area contributed by atoms with Gasteiger partial charge in [-0.2, -0.15) is 0 Å². The second kappa shape index (κ2) is 9.71. The number of ether oxygens (including phenoxy) is 1. The van der Waals surface area contributed by atoms with E-state index >= 15 is 0 Å². The monoisotopic (exact) mass is 507 g/mol. The molecule has 0 bridgehead atoms. The van der Waals surface area contributed by atoms with Crippen LogP contribution in [0.25, 0.3) is 17.1 Å². The average molecular weight is 508 g/mol. The van der Waals surface area contributed by atoms with E-state index in [-0.39, 0.29) is 11.0 Å². The Morgan fingerprint density at radius 2 is 1.75 bits per heavy atom. The normalized spacial score (nSPS) is 11.9. The summed E-state index contributed by atoms with van der Waals surface area (Å²) in [4.78, 5) is 13.0. The van der Waals surface area contributed by atoms with Gasteiger partial charge in [-0.3, -0.25) is 9.36 Å². The Morgan fingerprint density at radius 1 is 1.03 bits per heavy atom. The van der Waals surface area contributed by atoms with Crippen LogP contribution in [0.3, 0.4) is 0 Å². The third-order valence-corrected chi connectivity index (χ3v) is 6.59. The van der Waals surface area contributed by atoms with Gasteiger partial charge >= 0.3 is 0 Å². The molecule has 0 aliphatic heterocycles. The minimum Gasteiger partial charge on any atom is -0.497 e. The molecule has 0 radical (unpaired) electrons. The molecule has 5 nitrogen and oxygen atoms in total. The summed E-state index contributed by atoms with van der Waals surface area (Å²) in [5.74, 6) is 1.48. The van der Waals surface area contributed by atoms with Gasteiger partial charge in [0.05, 0.1) is 12.4 Å². The molecule has 0 N–H and O–H groups in total. The van der Waals surface area contributed by atoms with Crippen molar-refractivity contribution < 1.29 is 9.53 Å². The number of carbonyl (C=O) groups is 1. The molecular formula is C25H22BrN3O2S. The first-order chi connectivity index (χ1) is 15.5. The van der Waals surface area contributed by atoms with Crippen LogP contribution in [0, 0.1) is 6.92 Å². The van der Waals surface area contributed by atoms with Gasteiger partial charge in [-0.15, -0.1) is 10.2 Å². The molecule has 0 amide bonds. The molecule has 0 unspecified atom stereocenters. The molecular weight excluding hydrogens is 486 g/mol. The van der Waals surface area contributed by atoms with Crippen molar-refractivity contribution in [1.29, 1.82) is 0 Å². The first kappa shape index (κ1) is 22.3. The number of ketones is 1. The Bertz CT molecular complexity index is 1240. The molecule has 1 aromatic heterocycles. The van der Waals surface area contributed by atoms with Gasteiger partial charge in [-0.1, -0.05) is 52.0 Å². The molecule has 4 rings (SSSR count). The fourth-order valence-corrected chi connectivity index (χ4v) is 4.54. The highest BCUT2D eigenvalue weighted by molar-refractivity contribution is 9.10. The number of nitrogens with zero attached hydrogens (tertiary/aromatic N) is 3. The Kier molecular flexibility index (Phi) is 6.77. The highest BCUT2D eigenvalue weighted by Gasteiger charge is 2.23. The minimum absolute atomic E-state index is 0.0293. The number of carbonyl (C=O) groups excluding carboxylic acids is 1. The van der Waals surface area contributed by atoms with E-state index in [2.05, 4.69) is 45.2 Å². The van der Waals surface area contributed by atoms with E-state index in [1.165, 1.54) is 11.8 Å². The van der Waals surface area contributed by atoms with Crippen LogP contribution in [0.15, 0.2) is 82.4 Å². The maximum Gasteiger partial charge on any atom is 0.196 e. The largest absolute Gasteiger partial charge is 0.497 e. The van der Waals surface area contributed by atoms with Crippen molar-refractivity contribution in [2.75, 3.05) is 7.11 Å². The molecule has 0 aliphatic carbocycles. The fourth-order valence-electron chi connectivity index (χ4n) is 3.33. The summed E-state index contributed by atoms with van der Waals surface area (Å²) in [7, 11) is 1.61. The number of benzene rings is 3. The number of Topliss-reactive ketones (excluding diaryl/α,β-unsaturated/α-hetero) is 1. The smallest absolute Gasteiger partial charge is 0.196 e. The van der Waals surface area contributed by atoms with Crippen LogP contribution in [0.4, 0.5) is 0 Å². The summed E-state index contributed by atoms with van der Waals surface area (Å²) in [5.41, 5.74) is 3.68. The summed E-state index contributed by atoms with van der Waals surface area (Å²) in [6.45, 7) is 3.95. The van der Waals surface area contributed by atoms with E-state index in [9.17, 15) is 4.79 Å². The predicted molar refractivity (Wildman–Crippen MR) is 132 cm³/mol. The van der Waals surface area contributed by atoms with Crippen molar-refractivity contribution in [3.05, 3.63) is 88.4 Å². The summed E-state index contributed by atoms with van der Waals surface area (Å²) < 4.78 is 8.20. The second-order valence-corrected chi connectivity index (χ2v) is 9.56. The molecule has 0 aliphatic rings. The second-order valence-electron chi connectivity index (χ2n) is 7.34. The summed E-state index contributed by atoms with van der Waals surface area (Å²) >= 11 is 4.89. The SMILES string of the molecule is COc1ccc(C(=O)[C@@H](C)Sc2nnc(-c3ccc(Br)cc3)n2-c2cccc(C)c2)cc1. The van der Waals surface area contributed by atoms with E-state index < -0.39 is 0 Å². The zero-order valence-corrected chi connectivity index (χ0v) is 20.4. The summed E-state index contributed by atoms with van der Waals surface area (Å²) in [6, 6.07) is 23.3. The lowest BCUT2D eigenvalue weighted by Crippen LogP contribution is -2.14. The van der Waals surface area contributed by atoms with Crippen LogP contribution >= 0.6 is 27.7 Å². The zero-order chi connectivity index (χ0) is 22.7. The lowest BCUT2D eigenvalue weighted by Gasteiger charge is -2.14. The number of aromatic nitrogens is 3. The Balaban J connectivity index is 1.70. The van der Waals surface area contributed by atoms with Gasteiger partial charge in [0.1, 0.15) is 5.75 Å². The van der Waals surface area contributed by atoms with Crippen LogP contribution in [0.5, 0.6) is 5.75 Å². The molecule has 3 aromatic carbocycles. The number of hydrogen-bond acceptors (Lipinski definition) is 5.